The van der Waals surface area contributed by atoms with Gasteiger partial charge in [-0.1, -0.05) is 6.07 Å². The molecule has 0 bridgehead atoms. The molecule has 2 heterocycles. The molecule has 0 fully saturated rings. The molecule has 0 aliphatic heterocycles. The number of nitrogens with zero attached hydrogens (tertiary/aromatic N) is 2. The molecule has 0 radical (unpaired) electrons. The zero-order valence-electron chi connectivity index (χ0n) is 11.9. The van der Waals surface area contributed by atoms with E-state index >= 15 is 0 Å². The third-order valence-electron chi connectivity index (χ3n) is 3.71. The number of fused-ring (bicyclic) bond motifs is 1. The highest BCUT2D eigenvalue weighted by Crippen LogP contribution is 2.20. The second kappa shape index (κ2) is 6.72. The molecule has 2 aromatic heterocycles. The van der Waals surface area contributed by atoms with Gasteiger partial charge in [0.15, 0.2) is 0 Å². The van der Waals surface area contributed by atoms with Gasteiger partial charge in [-0.3, -0.25) is 9.48 Å². The van der Waals surface area contributed by atoms with Gasteiger partial charge in [0.05, 0.1) is 12.7 Å². The molecule has 0 saturated carbocycles. The number of hydrogen-bond donors (Lipinski definition) is 1. The van der Waals surface area contributed by atoms with Gasteiger partial charge in [-0.15, -0.1) is 11.3 Å². The van der Waals surface area contributed by atoms with Crippen LogP contribution in [0, 0.1) is 0 Å². The Balaban J connectivity index is 1.47. The standard InChI is InChI=1S/C16H19N3OS/c20-16(8-7-14-5-3-11-21-14)17-9-10-19-15-6-2-1-4-13(15)12-18-19/h3,5,7-8,11-12H,1-2,4,6,9-10H2,(H,17,20)/b8-7+. The quantitative estimate of drug-likeness (QED) is 0.863. The first kappa shape index (κ1) is 14.1. The minimum absolute atomic E-state index is 0.0515. The van der Waals surface area contributed by atoms with Crippen LogP contribution < -0.4 is 5.32 Å². The van der Waals surface area contributed by atoms with Crippen molar-refractivity contribution in [1.29, 1.82) is 0 Å². The molecule has 110 valence electrons. The number of carbonyl (C=O) groups is 1. The number of rotatable bonds is 5. The average molecular weight is 301 g/mol. The fourth-order valence-corrected chi connectivity index (χ4v) is 3.25. The van der Waals surface area contributed by atoms with Crippen molar-refractivity contribution in [2.24, 2.45) is 0 Å². The first-order valence-electron chi connectivity index (χ1n) is 7.36. The third-order valence-corrected chi connectivity index (χ3v) is 4.55. The van der Waals surface area contributed by atoms with E-state index in [9.17, 15) is 4.79 Å². The number of hydrogen-bond acceptors (Lipinski definition) is 3. The van der Waals surface area contributed by atoms with Crippen LogP contribution in [0.15, 0.2) is 29.8 Å². The summed E-state index contributed by atoms with van der Waals surface area (Å²) in [6.45, 7) is 1.36. The number of aromatic nitrogens is 2. The summed E-state index contributed by atoms with van der Waals surface area (Å²) in [5.41, 5.74) is 2.73. The van der Waals surface area contributed by atoms with Gasteiger partial charge in [0, 0.05) is 23.2 Å². The first-order chi connectivity index (χ1) is 10.3. The number of thiophene rings is 1. The summed E-state index contributed by atoms with van der Waals surface area (Å²) >= 11 is 1.62. The smallest absolute Gasteiger partial charge is 0.244 e. The monoisotopic (exact) mass is 301 g/mol. The maximum Gasteiger partial charge on any atom is 0.244 e. The largest absolute Gasteiger partial charge is 0.351 e. The summed E-state index contributed by atoms with van der Waals surface area (Å²) < 4.78 is 2.04. The fraction of sp³-hybridized carbons (Fsp3) is 0.375. The van der Waals surface area contributed by atoms with Crippen molar-refractivity contribution in [3.8, 4) is 0 Å². The number of carbonyl (C=O) groups excluding carboxylic acids is 1. The van der Waals surface area contributed by atoms with Crippen molar-refractivity contribution in [3.63, 3.8) is 0 Å². The molecule has 1 N–H and O–H groups in total. The maximum atomic E-state index is 11.7. The van der Waals surface area contributed by atoms with Gasteiger partial charge in [0.1, 0.15) is 0 Å². The van der Waals surface area contributed by atoms with E-state index in [1.165, 1.54) is 24.1 Å². The van der Waals surface area contributed by atoms with Gasteiger partial charge in [0.25, 0.3) is 0 Å². The molecule has 0 spiro atoms. The third kappa shape index (κ3) is 3.61. The molecule has 0 unspecified atom stereocenters. The molecular weight excluding hydrogens is 282 g/mol. The SMILES string of the molecule is O=C(/C=C/c1cccs1)NCCn1ncc2c1CCCC2. The van der Waals surface area contributed by atoms with E-state index < -0.39 is 0 Å². The molecule has 2 aromatic rings. The molecule has 3 rings (SSSR count). The fourth-order valence-electron chi connectivity index (χ4n) is 2.64. The van der Waals surface area contributed by atoms with Crippen LogP contribution in [0.25, 0.3) is 6.08 Å². The van der Waals surface area contributed by atoms with E-state index in [0.717, 1.165) is 24.3 Å². The highest BCUT2D eigenvalue weighted by Gasteiger charge is 2.14. The zero-order valence-corrected chi connectivity index (χ0v) is 12.7. The normalized spacial score (nSPS) is 14.3. The van der Waals surface area contributed by atoms with Gasteiger partial charge >= 0.3 is 0 Å². The molecule has 21 heavy (non-hydrogen) atoms. The Morgan fingerprint density at radius 3 is 3.19 bits per heavy atom. The van der Waals surface area contributed by atoms with Crippen LogP contribution in [0.3, 0.4) is 0 Å². The van der Waals surface area contributed by atoms with E-state index in [1.54, 1.807) is 17.4 Å². The predicted molar refractivity (Wildman–Crippen MR) is 85.2 cm³/mol. The highest BCUT2D eigenvalue weighted by molar-refractivity contribution is 7.10. The van der Waals surface area contributed by atoms with Crippen molar-refractivity contribution >= 4 is 23.3 Å². The van der Waals surface area contributed by atoms with Crippen LogP contribution >= 0.6 is 11.3 Å². The van der Waals surface area contributed by atoms with E-state index in [1.807, 2.05) is 34.5 Å². The number of amides is 1. The molecule has 1 amide bonds. The van der Waals surface area contributed by atoms with Crippen LogP contribution in [0.1, 0.15) is 29.0 Å². The van der Waals surface area contributed by atoms with Crippen molar-refractivity contribution in [2.45, 2.75) is 32.2 Å². The number of aryl methyl sites for hydroxylation is 1. The average Bonchev–Trinajstić information content (AvgIpc) is 3.15. The van der Waals surface area contributed by atoms with Crippen LogP contribution in [-0.4, -0.2) is 22.2 Å². The minimum atomic E-state index is -0.0515. The van der Waals surface area contributed by atoms with E-state index in [4.69, 9.17) is 0 Å². The van der Waals surface area contributed by atoms with Crippen LogP contribution in [-0.2, 0) is 24.2 Å². The lowest BCUT2D eigenvalue weighted by atomic mass is 9.98. The molecule has 0 aromatic carbocycles. The summed E-state index contributed by atoms with van der Waals surface area (Å²) in [4.78, 5) is 12.8. The van der Waals surface area contributed by atoms with Gasteiger partial charge in [-0.25, -0.2) is 0 Å². The Morgan fingerprint density at radius 1 is 1.43 bits per heavy atom. The van der Waals surface area contributed by atoms with Crippen LogP contribution in [0.5, 0.6) is 0 Å². The van der Waals surface area contributed by atoms with Crippen molar-refractivity contribution in [1.82, 2.24) is 15.1 Å². The Kier molecular flexibility index (Phi) is 4.50. The zero-order chi connectivity index (χ0) is 14.5. The molecule has 1 aliphatic carbocycles. The predicted octanol–water partition coefficient (Wildman–Crippen LogP) is 2.65. The molecule has 5 heteroatoms. The van der Waals surface area contributed by atoms with Gasteiger partial charge in [0.2, 0.25) is 5.91 Å². The van der Waals surface area contributed by atoms with Gasteiger partial charge in [-0.05, 0) is 48.8 Å². The van der Waals surface area contributed by atoms with E-state index in [2.05, 4.69) is 10.4 Å². The molecule has 1 aliphatic rings. The Hall–Kier alpha value is -1.88. The topological polar surface area (TPSA) is 46.9 Å². The maximum absolute atomic E-state index is 11.7. The van der Waals surface area contributed by atoms with E-state index in [-0.39, 0.29) is 5.91 Å². The van der Waals surface area contributed by atoms with Gasteiger partial charge < -0.3 is 5.32 Å². The Bertz CT molecular complexity index is 628. The lowest BCUT2D eigenvalue weighted by molar-refractivity contribution is -0.116. The Labute approximate surface area is 128 Å². The Morgan fingerprint density at radius 2 is 2.33 bits per heavy atom. The molecule has 4 nitrogen and oxygen atoms in total. The van der Waals surface area contributed by atoms with Crippen LogP contribution in [0.4, 0.5) is 0 Å². The lowest BCUT2D eigenvalue weighted by Gasteiger charge is -2.13. The van der Waals surface area contributed by atoms with Crippen molar-refractivity contribution < 1.29 is 4.79 Å². The summed E-state index contributed by atoms with van der Waals surface area (Å²) in [6.07, 6.45) is 10.2. The number of nitrogens with one attached hydrogen (secondary N) is 1. The second-order valence-electron chi connectivity index (χ2n) is 5.19. The first-order valence-corrected chi connectivity index (χ1v) is 8.24. The highest BCUT2D eigenvalue weighted by atomic mass is 32.1. The lowest BCUT2D eigenvalue weighted by Crippen LogP contribution is -2.26. The molecule has 0 saturated heterocycles. The molecular formula is C16H19N3OS. The van der Waals surface area contributed by atoms with E-state index in [0.29, 0.717) is 6.54 Å². The summed E-state index contributed by atoms with van der Waals surface area (Å²) in [5, 5.41) is 9.34. The summed E-state index contributed by atoms with van der Waals surface area (Å²) in [6, 6.07) is 3.97. The van der Waals surface area contributed by atoms with Gasteiger partial charge in [-0.2, -0.15) is 5.10 Å². The second-order valence-corrected chi connectivity index (χ2v) is 6.17. The van der Waals surface area contributed by atoms with Crippen molar-refractivity contribution in [3.05, 3.63) is 45.9 Å². The van der Waals surface area contributed by atoms with Crippen molar-refractivity contribution in [2.75, 3.05) is 6.54 Å². The van der Waals surface area contributed by atoms with Crippen LogP contribution in [0.2, 0.25) is 0 Å². The summed E-state index contributed by atoms with van der Waals surface area (Å²) in [5.74, 6) is -0.0515. The molecule has 0 atom stereocenters. The summed E-state index contributed by atoms with van der Waals surface area (Å²) in [7, 11) is 0. The minimum Gasteiger partial charge on any atom is -0.351 e.